The molecule has 0 aromatic heterocycles. The lowest BCUT2D eigenvalue weighted by Crippen LogP contribution is -2.39. The average molecular weight is 293 g/mol. The highest BCUT2D eigenvalue weighted by Gasteiger charge is 2.17. The molecular weight excluding hydrogens is 270 g/mol. The van der Waals surface area contributed by atoms with E-state index in [0.717, 1.165) is 12.8 Å². The summed E-state index contributed by atoms with van der Waals surface area (Å²) in [5.41, 5.74) is 6.88. The molecule has 21 heavy (non-hydrogen) atoms. The number of methoxy groups -OCH3 is 2. The maximum absolute atomic E-state index is 12.0. The number of nitrogens with two attached hydrogens (primary N) is 1. The third-order valence-electron chi connectivity index (χ3n) is 3.74. The van der Waals surface area contributed by atoms with Crippen LogP contribution in [0.4, 0.5) is 16.2 Å². The van der Waals surface area contributed by atoms with Crippen LogP contribution < -0.4 is 25.8 Å². The molecule has 1 saturated carbocycles. The molecule has 6 heteroatoms. The number of hydrogen-bond donors (Lipinski definition) is 3. The van der Waals surface area contributed by atoms with Crippen LogP contribution in [0.15, 0.2) is 12.1 Å². The molecule has 4 N–H and O–H groups in total. The maximum Gasteiger partial charge on any atom is 0.319 e. The second-order valence-corrected chi connectivity index (χ2v) is 5.23. The van der Waals surface area contributed by atoms with Crippen molar-refractivity contribution < 1.29 is 14.3 Å². The van der Waals surface area contributed by atoms with Crippen LogP contribution in [0.2, 0.25) is 0 Å². The molecule has 0 bridgehead atoms. The molecule has 1 aromatic rings. The summed E-state index contributed by atoms with van der Waals surface area (Å²) in [5.74, 6) is 1.06. The summed E-state index contributed by atoms with van der Waals surface area (Å²) in [6, 6.07) is 3.31. The van der Waals surface area contributed by atoms with Crippen molar-refractivity contribution in [1.29, 1.82) is 0 Å². The van der Waals surface area contributed by atoms with Gasteiger partial charge in [0.1, 0.15) is 0 Å². The number of carbonyl (C=O) groups is 1. The van der Waals surface area contributed by atoms with Gasteiger partial charge in [-0.15, -0.1) is 0 Å². The van der Waals surface area contributed by atoms with Gasteiger partial charge in [0.15, 0.2) is 11.5 Å². The molecule has 0 spiro atoms. The fourth-order valence-electron chi connectivity index (χ4n) is 2.59. The zero-order valence-corrected chi connectivity index (χ0v) is 12.6. The first-order valence-corrected chi connectivity index (χ1v) is 7.23. The molecule has 1 aliphatic rings. The molecule has 0 radical (unpaired) electrons. The lowest BCUT2D eigenvalue weighted by molar-refractivity contribution is 0.244. The van der Waals surface area contributed by atoms with E-state index in [-0.39, 0.29) is 12.1 Å². The fraction of sp³-hybridized carbons (Fsp3) is 0.533. The number of amides is 2. The molecule has 6 nitrogen and oxygen atoms in total. The molecule has 0 unspecified atom stereocenters. The number of urea groups is 1. The Morgan fingerprint density at radius 1 is 1.14 bits per heavy atom. The van der Waals surface area contributed by atoms with Crippen LogP contribution in [0.3, 0.4) is 0 Å². The van der Waals surface area contributed by atoms with Gasteiger partial charge < -0.3 is 25.8 Å². The standard InChI is InChI=1S/C15H23N3O3/c1-20-13-8-11(16)12(9-14(13)21-2)18-15(19)17-10-6-4-3-5-7-10/h8-10H,3-7,16H2,1-2H3,(H2,17,18,19). The molecular formula is C15H23N3O3. The highest BCUT2D eigenvalue weighted by molar-refractivity contribution is 5.93. The van der Waals surface area contributed by atoms with E-state index in [1.165, 1.54) is 19.3 Å². The Morgan fingerprint density at radius 2 is 1.76 bits per heavy atom. The number of ether oxygens (including phenoxy) is 2. The van der Waals surface area contributed by atoms with Crippen LogP contribution in [0, 0.1) is 0 Å². The average Bonchev–Trinajstić information content (AvgIpc) is 2.49. The number of benzene rings is 1. The zero-order valence-electron chi connectivity index (χ0n) is 12.6. The number of nitrogen functional groups attached to an aromatic ring is 1. The molecule has 1 fully saturated rings. The van der Waals surface area contributed by atoms with Gasteiger partial charge in [-0.2, -0.15) is 0 Å². The summed E-state index contributed by atoms with van der Waals surface area (Å²) in [7, 11) is 3.08. The predicted octanol–water partition coefficient (Wildman–Crippen LogP) is 2.74. The lowest BCUT2D eigenvalue weighted by atomic mass is 9.96. The van der Waals surface area contributed by atoms with Gasteiger partial charge in [-0.25, -0.2) is 4.79 Å². The van der Waals surface area contributed by atoms with Gasteiger partial charge in [0, 0.05) is 18.2 Å². The van der Waals surface area contributed by atoms with Crippen molar-refractivity contribution in [3.05, 3.63) is 12.1 Å². The molecule has 1 aromatic carbocycles. The molecule has 0 heterocycles. The molecule has 0 saturated heterocycles. The van der Waals surface area contributed by atoms with Gasteiger partial charge in [-0.1, -0.05) is 19.3 Å². The number of anilines is 2. The van der Waals surface area contributed by atoms with Crippen molar-refractivity contribution >= 4 is 17.4 Å². The van der Waals surface area contributed by atoms with Crippen molar-refractivity contribution in [2.75, 3.05) is 25.3 Å². The molecule has 2 amide bonds. The van der Waals surface area contributed by atoms with Crippen LogP contribution in [-0.4, -0.2) is 26.3 Å². The van der Waals surface area contributed by atoms with Crippen LogP contribution in [-0.2, 0) is 0 Å². The Kier molecular flexibility index (Phi) is 5.14. The minimum Gasteiger partial charge on any atom is -0.493 e. The van der Waals surface area contributed by atoms with E-state index in [0.29, 0.717) is 22.9 Å². The quantitative estimate of drug-likeness (QED) is 0.745. The smallest absolute Gasteiger partial charge is 0.319 e. The predicted molar refractivity (Wildman–Crippen MR) is 83.0 cm³/mol. The molecule has 116 valence electrons. The Labute approximate surface area is 125 Å². The second kappa shape index (κ2) is 7.06. The van der Waals surface area contributed by atoms with Crippen molar-refractivity contribution in [2.24, 2.45) is 0 Å². The van der Waals surface area contributed by atoms with Gasteiger partial charge in [-0.3, -0.25) is 0 Å². The van der Waals surface area contributed by atoms with E-state index in [4.69, 9.17) is 15.2 Å². The minimum absolute atomic E-state index is 0.235. The van der Waals surface area contributed by atoms with E-state index in [9.17, 15) is 4.79 Å². The molecule has 2 rings (SSSR count). The summed E-state index contributed by atoms with van der Waals surface area (Å²) < 4.78 is 10.4. The Balaban J connectivity index is 2.02. The highest BCUT2D eigenvalue weighted by Crippen LogP contribution is 2.34. The summed E-state index contributed by atoms with van der Waals surface area (Å²) in [4.78, 5) is 12.0. The monoisotopic (exact) mass is 293 g/mol. The van der Waals surface area contributed by atoms with Crippen molar-refractivity contribution in [1.82, 2.24) is 5.32 Å². The third-order valence-corrected chi connectivity index (χ3v) is 3.74. The van der Waals surface area contributed by atoms with E-state index < -0.39 is 0 Å². The Bertz CT molecular complexity index is 499. The van der Waals surface area contributed by atoms with Gasteiger partial charge in [0.2, 0.25) is 0 Å². The Hall–Kier alpha value is -2.11. The van der Waals surface area contributed by atoms with Crippen LogP contribution in [0.5, 0.6) is 11.5 Å². The number of hydrogen-bond acceptors (Lipinski definition) is 4. The fourth-order valence-corrected chi connectivity index (χ4v) is 2.59. The first kappa shape index (κ1) is 15.3. The highest BCUT2D eigenvalue weighted by atomic mass is 16.5. The summed E-state index contributed by atoms with van der Waals surface area (Å²) in [6.45, 7) is 0. The van der Waals surface area contributed by atoms with E-state index in [2.05, 4.69) is 10.6 Å². The largest absolute Gasteiger partial charge is 0.493 e. The molecule has 0 aliphatic heterocycles. The van der Waals surface area contributed by atoms with Gasteiger partial charge in [0.05, 0.1) is 25.6 Å². The number of carbonyl (C=O) groups excluding carboxylic acids is 1. The first-order chi connectivity index (χ1) is 10.1. The van der Waals surface area contributed by atoms with Crippen LogP contribution >= 0.6 is 0 Å². The lowest BCUT2D eigenvalue weighted by Gasteiger charge is -2.23. The third kappa shape index (κ3) is 3.93. The van der Waals surface area contributed by atoms with Crippen molar-refractivity contribution in [3.63, 3.8) is 0 Å². The van der Waals surface area contributed by atoms with Crippen molar-refractivity contribution in [3.8, 4) is 11.5 Å². The topological polar surface area (TPSA) is 85.6 Å². The second-order valence-electron chi connectivity index (χ2n) is 5.23. The summed E-state index contributed by atoms with van der Waals surface area (Å²) >= 11 is 0. The van der Waals surface area contributed by atoms with Gasteiger partial charge in [0.25, 0.3) is 0 Å². The van der Waals surface area contributed by atoms with Gasteiger partial charge in [-0.05, 0) is 12.8 Å². The maximum atomic E-state index is 12.0. The SMILES string of the molecule is COc1cc(N)c(NC(=O)NC2CCCCC2)cc1OC. The number of rotatable bonds is 4. The number of nitrogens with one attached hydrogen (secondary N) is 2. The summed E-state index contributed by atoms with van der Waals surface area (Å²) in [5, 5.41) is 5.76. The van der Waals surface area contributed by atoms with E-state index in [1.54, 1.807) is 26.4 Å². The van der Waals surface area contributed by atoms with Crippen LogP contribution in [0.25, 0.3) is 0 Å². The summed E-state index contributed by atoms with van der Waals surface area (Å²) in [6.07, 6.45) is 5.67. The molecule has 1 aliphatic carbocycles. The normalized spacial score (nSPS) is 15.3. The van der Waals surface area contributed by atoms with Gasteiger partial charge >= 0.3 is 6.03 Å². The molecule has 0 atom stereocenters. The minimum atomic E-state index is -0.235. The van der Waals surface area contributed by atoms with E-state index >= 15 is 0 Å². The van der Waals surface area contributed by atoms with Crippen molar-refractivity contribution in [2.45, 2.75) is 38.1 Å². The van der Waals surface area contributed by atoms with E-state index in [1.807, 2.05) is 0 Å². The Morgan fingerprint density at radius 3 is 2.38 bits per heavy atom. The first-order valence-electron chi connectivity index (χ1n) is 7.23. The zero-order chi connectivity index (χ0) is 15.2. The van der Waals surface area contributed by atoms with Crippen LogP contribution in [0.1, 0.15) is 32.1 Å².